The predicted octanol–water partition coefficient (Wildman–Crippen LogP) is 7.75. The van der Waals surface area contributed by atoms with Gasteiger partial charge in [0.2, 0.25) is 5.91 Å². The summed E-state index contributed by atoms with van der Waals surface area (Å²) in [4.78, 5) is 25.5. The van der Waals surface area contributed by atoms with Crippen LogP contribution in [0.25, 0.3) is 0 Å². The monoisotopic (exact) mass is 493 g/mol. The molecule has 0 aliphatic carbocycles. The molecule has 0 fully saturated rings. The predicted molar refractivity (Wildman–Crippen MR) is 146 cm³/mol. The molecule has 196 valence electrons. The Morgan fingerprint density at radius 2 is 1.58 bits per heavy atom. The van der Waals surface area contributed by atoms with Crippen molar-refractivity contribution in [1.82, 2.24) is 0 Å². The molecule has 0 saturated carbocycles. The van der Waals surface area contributed by atoms with Crippen LogP contribution in [0, 0.1) is 13.8 Å². The first kappa shape index (κ1) is 27.8. The average Bonchev–Trinajstić information content (AvgIpc) is 3.17. The second-order valence-electron chi connectivity index (χ2n) is 10.7. The van der Waals surface area contributed by atoms with E-state index < -0.39 is 0 Å². The second kappa shape index (κ2) is 12.9. The number of anilines is 1. The molecule has 1 heterocycles. The van der Waals surface area contributed by atoms with Gasteiger partial charge in [0.15, 0.2) is 5.78 Å². The zero-order chi connectivity index (χ0) is 26.1. The number of benzene rings is 2. The van der Waals surface area contributed by atoms with Gasteiger partial charge < -0.3 is 14.8 Å². The minimum atomic E-state index is -0.336. The molecular formula is C31H43NO4. The van der Waals surface area contributed by atoms with Crippen molar-refractivity contribution in [2.24, 2.45) is 0 Å². The number of Topliss-reactive ketones (excluding diaryl/α,β-unsaturated/α-hetero) is 1. The highest BCUT2D eigenvalue weighted by Crippen LogP contribution is 2.44. The molecule has 0 saturated heterocycles. The van der Waals surface area contributed by atoms with Gasteiger partial charge in [0.25, 0.3) is 0 Å². The van der Waals surface area contributed by atoms with Crippen LogP contribution in [0.15, 0.2) is 30.3 Å². The number of hydrogen-bond acceptors (Lipinski definition) is 4. The van der Waals surface area contributed by atoms with Crippen molar-refractivity contribution in [3.05, 3.63) is 52.6 Å². The van der Waals surface area contributed by atoms with Gasteiger partial charge in [-0.2, -0.15) is 0 Å². The van der Waals surface area contributed by atoms with Crippen LogP contribution in [0.4, 0.5) is 5.69 Å². The van der Waals surface area contributed by atoms with Crippen LogP contribution in [-0.2, 0) is 11.2 Å². The summed E-state index contributed by atoms with van der Waals surface area (Å²) in [6, 6.07) is 9.15. The third-order valence-corrected chi connectivity index (χ3v) is 6.81. The fourth-order valence-electron chi connectivity index (χ4n) is 4.81. The summed E-state index contributed by atoms with van der Waals surface area (Å²) >= 11 is 0. The lowest BCUT2D eigenvalue weighted by molar-refractivity contribution is -0.115. The molecule has 0 atom stereocenters. The molecule has 0 unspecified atom stereocenters. The minimum absolute atomic E-state index is 0.218. The highest BCUT2D eigenvalue weighted by Gasteiger charge is 2.34. The van der Waals surface area contributed by atoms with Crippen LogP contribution in [0.5, 0.6) is 11.5 Å². The van der Waals surface area contributed by atoms with E-state index in [9.17, 15) is 9.59 Å². The molecule has 5 nitrogen and oxygen atoms in total. The third-order valence-electron chi connectivity index (χ3n) is 6.81. The molecule has 1 aliphatic heterocycles. The van der Waals surface area contributed by atoms with E-state index in [-0.39, 0.29) is 23.7 Å². The van der Waals surface area contributed by atoms with Gasteiger partial charge in [-0.05, 0) is 69.5 Å². The van der Waals surface area contributed by atoms with Crippen LogP contribution in [-0.4, -0.2) is 23.9 Å². The largest absolute Gasteiger partial charge is 0.494 e. The molecule has 36 heavy (non-hydrogen) atoms. The number of aryl methyl sites for hydroxylation is 2. The van der Waals surface area contributed by atoms with E-state index >= 15 is 0 Å². The molecule has 0 aromatic heterocycles. The summed E-state index contributed by atoms with van der Waals surface area (Å²) in [5.74, 6) is 0.933. The Morgan fingerprint density at radius 1 is 0.944 bits per heavy atom. The van der Waals surface area contributed by atoms with Crippen LogP contribution >= 0.6 is 0 Å². The van der Waals surface area contributed by atoms with Crippen molar-refractivity contribution in [2.45, 2.75) is 104 Å². The number of amides is 1. The van der Waals surface area contributed by atoms with E-state index in [0.717, 1.165) is 41.0 Å². The lowest BCUT2D eigenvalue weighted by atomic mass is 9.96. The standard InChI is InChI=1S/C31H43NO4/c1-6-7-8-9-10-11-12-13-18-35-25-16-14-24(15-17-25)27(33)20-28(34)32-29-23(3)19-22(2)26-21-31(4,5)36-30(26)29/h14-17,19H,6-13,18,20-21H2,1-5H3,(H,32,34). The highest BCUT2D eigenvalue weighted by molar-refractivity contribution is 6.11. The molecule has 1 N–H and O–H groups in total. The fourth-order valence-corrected chi connectivity index (χ4v) is 4.81. The minimum Gasteiger partial charge on any atom is -0.494 e. The van der Waals surface area contributed by atoms with Crippen molar-refractivity contribution in [2.75, 3.05) is 11.9 Å². The Labute approximate surface area is 217 Å². The van der Waals surface area contributed by atoms with Crippen molar-refractivity contribution in [3.8, 4) is 11.5 Å². The summed E-state index contributed by atoms with van der Waals surface area (Å²) in [7, 11) is 0. The van der Waals surface area contributed by atoms with Crippen LogP contribution in [0.3, 0.4) is 0 Å². The summed E-state index contributed by atoms with van der Waals surface area (Å²) < 4.78 is 12.0. The quantitative estimate of drug-likeness (QED) is 0.166. The van der Waals surface area contributed by atoms with E-state index in [1.807, 2.05) is 32.9 Å². The number of nitrogens with one attached hydrogen (secondary N) is 1. The number of carbonyl (C=O) groups is 2. The number of unbranched alkanes of at least 4 members (excludes halogenated alkanes) is 7. The number of carbonyl (C=O) groups excluding carboxylic acids is 2. The Bertz CT molecular complexity index is 1040. The fraction of sp³-hybridized carbons (Fsp3) is 0.548. The summed E-state index contributed by atoms with van der Waals surface area (Å²) in [5.41, 5.74) is 4.08. The van der Waals surface area contributed by atoms with Gasteiger partial charge in [0.1, 0.15) is 17.1 Å². The van der Waals surface area contributed by atoms with Crippen LogP contribution < -0.4 is 14.8 Å². The molecule has 0 spiro atoms. The number of hydrogen-bond donors (Lipinski definition) is 1. The second-order valence-corrected chi connectivity index (χ2v) is 10.7. The van der Waals surface area contributed by atoms with Crippen molar-refractivity contribution >= 4 is 17.4 Å². The maximum Gasteiger partial charge on any atom is 0.232 e. The van der Waals surface area contributed by atoms with Crippen molar-refractivity contribution < 1.29 is 19.1 Å². The van der Waals surface area contributed by atoms with Gasteiger partial charge in [-0.25, -0.2) is 0 Å². The van der Waals surface area contributed by atoms with Crippen LogP contribution in [0.1, 0.15) is 106 Å². The Morgan fingerprint density at radius 3 is 2.25 bits per heavy atom. The lowest BCUT2D eigenvalue weighted by Crippen LogP contribution is -2.25. The molecule has 2 aromatic carbocycles. The number of ether oxygens (including phenoxy) is 2. The average molecular weight is 494 g/mol. The molecular weight excluding hydrogens is 450 g/mol. The van der Waals surface area contributed by atoms with Gasteiger partial charge >= 0.3 is 0 Å². The van der Waals surface area contributed by atoms with Gasteiger partial charge in [-0.1, -0.05) is 57.9 Å². The SMILES string of the molecule is CCCCCCCCCCOc1ccc(C(=O)CC(=O)Nc2c(C)cc(C)c3c2OC(C)(C)C3)cc1. The molecule has 2 aromatic rings. The molecule has 0 radical (unpaired) electrons. The number of rotatable bonds is 14. The lowest BCUT2D eigenvalue weighted by Gasteiger charge is -2.19. The number of fused-ring (bicyclic) bond motifs is 1. The molecule has 1 amide bonds. The normalized spacial score (nSPS) is 13.7. The zero-order valence-corrected chi connectivity index (χ0v) is 22.8. The zero-order valence-electron chi connectivity index (χ0n) is 22.8. The van der Waals surface area contributed by atoms with Gasteiger partial charge in [-0.15, -0.1) is 0 Å². The van der Waals surface area contributed by atoms with E-state index in [4.69, 9.17) is 9.47 Å². The maximum absolute atomic E-state index is 12.8. The topological polar surface area (TPSA) is 64.6 Å². The van der Waals surface area contributed by atoms with E-state index in [2.05, 4.69) is 25.2 Å². The molecule has 3 rings (SSSR count). The van der Waals surface area contributed by atoms with E-state index in [1.54, 1.807) is 12.1 Å². The molecule has 5 heteroatoms. The van der Waals surface area contributed by atoms with Gasteiger partial charge in [-0.3, -0.25) is 9.59 Å². The third kappa shape index (κ3) is 7.84. The van der Waals surface area contributed by atoms with E-state index in [0.29, 0.717) is 17.9 Å². The summed E-state index contributed by atoms with van der Waals surface area (Å²) in [6.45, 7) is 11.0. The number of ketones is 1. The Kier molecular flexibility index (Phi) is 9.98. The Hall–Kier alpha value is -2.82. The first-order chi connectivity index (χ1) is 17.2. The summed E-state index contributed by atoms with van der Waals surface area (Å²) in [6.07, 6.45) is 10.7. The first-order valence-corrected chi connectivity index (χ1v) is 13.6. The smallest absolute Gasteiger partial charge is 0.232 e. The van der Waals surface area contributed by atoms with Gasteiger partial charge in [0.05, 0.1) is 18.7 Å². The van der Waals surface area contributed by atoms with Crippen molar-refractivity contribution in [1.29, 1.82) is 0 Å². The van der Waals surface area contributed by atoms with Gasteiger partial charge in [0, 0.05) is 17.5 Å². The highest BCUT2D eigenvalue weighted by atomic mass is 16.5. The summed E-state index contributed by atoms with van der Waals surface area (Å²) in [5, 5.41) is 2.94. The molecule has 0 bridgehead atoms. The van der Waals surface area contributed by atoms with Crippen LogP contribution in [0.2, 0.25) is 0 Å². The molecule has 1 aliphatic rings. The van der Waals surface area contributed by atoms with E-state index in [1.165, 1.54) is 44.9 Å². The van der Waals surface area contributed by atoms with Crippen molar-refractivity contribution in [3.63, 3.8) is 0 Å². The maximum atomic E-state index is 12.8. The first-order valence-electron chi connectivity index (χ1n) is 13.6. The Balaban J connectivity index is 1.45.